The predicted octanol–water partition coefficient (Wildman–Crippen LogP) is 3.17. The third-order valence-electron chi connectivity index (χ3n) is 2.73. The Bertz CT molecular complexity index is 871. The van der Waals surface area contributed by atoms with Gasteiger partial charge in [0.2, 0.25) is 5.03 Å². The summed E-state index contributed by atoms with van der Waals surface area (Å²) >= 11 is 11.9. The minimum Gasteiger partial charge on any atom is -0.465 e. The van der Waals surface area contributed by atoms with Gasteiger partial charge in [-0.05, 0) is 18.2 Å². The molecule has 0 saturated heterocycles. The molecule has 10 heteroatoms. The Balaban J connectivity index is 2.64. The van der Waals surface area contributed by atoms with Crippen LogP contribution in [0.15, 0.2) is 35.5 Å². The lowest BCUT2D eigenvalue weighted by atomic mass is 10.2. The summed E-state index contributed by atoms with van der Waals surface area (Å²) < 4.78 is 36.4. The summed E-state index contributed by atoms with van der Waals surface area (Å²) in [4.78, 5) is 15.3. The maximum Gasteiger partial charge on any atom is 0.341 e. The molecule has 2 N–H and O–H groups in total. The van der Waals surface area contributed by atoms with E-state index < -0.39 is 26.1 Å². The molecule has 0 saturated carbocycles. The number of carbonyl (C=O) groups excluding carboxylic acids is 1. The maximum absolute atomic E-state index is 11.8. The largest absolute Gasteiger partial charge is 0.465 e. The number of aromatic nitrogens is 1. The van der Waals surface area contributed by atoms with Gasteiger partial charge >= 0.3 is 16.1 Å². The SMILES string of the molecule is COC(=O)c1cnc(S(=O)(=O)O)c(Cl)c1Nc1cccc(Cl)c1. The topological polar surface area (TPSA) is 106 Å². The third kappa shape index (κ3) is 3.91. The summed E-state index contributed by atoms with van der Waals surface area (Å²) in [5.41, 5.74) is 0.255. The zero-order valence-corrected chi connectivity index (χ0v) is 13.9. The molecule has 0 bridgehead atoms. The summed E-state index contributed by atoms with van der Waals surface area (Å²) in [6.45, 7) is 0. The van der Waals surface area contributed by atoms with Crippen LogP contribution in [0.4, 0.5) is 11.4 Å². The van der Waals surface area contributed by atoms with Crippen LogP contribution in [-0.4, -0.2) is 31.0 Å². The molecule has 0 amide bonds. The first-order chi connectivity index (χ1) is 10.7. The zero-order chi connectivity index (χ0) is 17.2. The normalized spacial score (nSPS) is 11.1. The molecule has 2 aromatic rings. The van der Waals surface area contributed by atoms with Gasteiger partial charge in [-0.1, -0.05) is 29.3 Å². The van der Waals surface area contributed by atoms with Crippen LogP contribution in [0.3, 0.4) is 0 Å². The number of halogens is 2. The summed E-state index contributed by atoms with van der Waals surface area (Å²) in [5, 5.41) is 1.96. The lowest BCUT2D eigenvalue weighted by molar-refractivity contribution is 0.0601. The number of benzene rings is 1. The minimum absolute atomic E-state index is 0.0802. The molecule has 1 heterocycles. The van der Waals surface area contributed by atoms with Crippen molar-refractivity contribution in [3.8, 4) is 0 Å². The van der Waals surface area contributed by atoms with Gasteiger partial charge < -0.3 is 10.1 Å². The van der Waals surface area contributed by atoms with Gasteiger partial charge in [-0.3, -0.25) is 4.55 Å². The molecule has 0 atom stereocenters. The van der Waals surface area contributed by atoms with Crippen LogP contribution in [0.5, 0.6) is 0 Å². The predicted molar refractivity (Wildman–Crippen MR) is 85.1 cm³/mol. The highest BCUT2D eigenvalue weighted by Gasteiger charge is 2.25. The average Bonchev–Trinajstić information content (AvgIpc) is 2.47. The van der Waals surface area contributed by atoms with E-state index >= 15 is 0 Å². The molecule has 1 aromatic carbocycles. The summed E-state index contributed by atoms with van der Waals surface area (Å²) in [7, 11) is -3.52. The first-order valence-electron chi connectivity index (χ1n) is 6.01. The fourth-order valence-corrected chi connectivity index (χ4v) is 2.94. The van der Waals surface area contributed by atoms with Crippen LogP contribution in [0, 0.1) is 0 Å². The van der Waals surface area contributed by atoms with E-state index in [-0.39, 0.29) is 11.3 Å². The standard InChI is InChI=1S/C13H10Cl2N2O5S/c1-22-13(18)9-6-16-12(23(19,20)21)10(15)11(9)17-8-4-2-3-7(14)5-8/h2-6H,1H3,(H,16,17)(H,19,20,21). The van der Waals surface area contributed by atoms with Crippen molar-refractivity contribution in [2.45, 2.75) is 5.03 Å². The fraction of sp³-hybridized carbons (Fsp3) is 0.0769. The number of anilines is 2. The van der Waals surface area contributed by atoms with E-state index in [2.05, 4.69) is 15.0 Å². The van der Waals surface area contributed by atoms with Gasteiger partial charge in [-0.2, -0.15) is 8.42 Å². The monoisotopic (exact) mass is 376 g/mol. The van der Waals surface area contributed by atoms with E-state index in [9.17, 15) is 13.2 Å². The van der Waals surface area contributed by atoms with E-state index in [0.717, 1.165) is 13.3 Å². The molecule has 122 valence electrons. The Morgan fingerprint density at radius 1 is 1.35 bits per heavy atom. The Morgan fingerprint density at radius 2 is 2.04 bits per heavy atom. The highest BCUT2D eigenvalue weighted by Crippen LogP contribution is 2.34. The molecule has 0 radical (unpaired) electrons. The van der Waals surface area contributed by atoms with Crippen LogP contribution in [0.1, 0.15) is 10.4 Å². The second-order valence-corrected chi connectivity index (χ2v) is 6.42. The lowest BCUT2D eigenvalue weighted by Crippen LogP contribution is -2.11. The number of ether oxygens (including phenoxy) is 1. The van der Waals surface area contributed by atoms with Gasteiger partial charge in [-0.15, -0.1) is 0 Å². The van der Waals surface area contributed by atoms with Gasteiger partial charge in [0.15, 0.2) is 0 Å². The number of carbonyl (C=O) groups is 1. The molecular formula is C13H10Cl2N2O5S. The van der Waals surface area contributed by atoms with E-state index in [1.54, 1.807) is 18.2 Å². The van der Waals surface area contributed by atoms with E-state index in [1.807, 2.05) is 0 Å². The Labute approximate surface area is 141 Å². The summed E-state index contributed by atoms with van der Waals surface area (Å²) in [5.74, 6) is -0.786. The van der Waals surface area contributed by atoms with Crippen molar-refractivity contribution in [3.05, 3.63) is 46.1 Å². The molecule has 1 aromatic heterocycles. The highest BCUT2D eigenvalue weighted by molar-refractivity contribution is 7.85. The summed E-state index contributed by atoms with van der Waals surface area (Å²) in [6.07, 6.45) is 0.938. The Hall–Kier alpha value is -1.87. The van der Waals surface area contributed by atoms with Crippen molar-refractivity contribution in [1.29, 1.82) is 0 Å². The smallest absolute Gasteiger partial charge is 0.341 e. The number of rotatable bonds is 4. The van der Waals surface area contributed by atoms with E-state index in [1.165, 1.54) is 6.07 Å². The van der Waals surface area contributed by atoms with Crippen molar-refractivity contribution in [3.63, 3.8) is 0 Å². The van der Waals surface area contributed by atoms with Crippen molar-refractivity contribution in [2.24, 2.45) is 0 Å². The lowest BCUT2D eigenvalue weighted by Gasteiger charge is -2.14. The van der Waals surface area contributed by atoms with Gasteiger partial charge in [0.25, 0.3) is 0 Å². The van der Waals surface area contributed by atoms with Crippen LogP contribution in [-0.2, 0) is 14.9 Å². The fourth-order valence-electron chi connectivity index (χ4n) is 1.75. The summed E-state index contributed by atoms with van der Waals surface area (Å²) in [6, 6.07) is 6.43. The number of nitrogens with one attached hydrogen (secondary N) is 1. The minimum atomic E-state index is -4.67. The van der Waals surface area contributed by atoms with Crippen molar-refractivity contribution < 1.29 is 22.5 Å². The number of esters is 1. The maximum atomic E-state index is 11.8. The first kappa shape index (κ1) is 17.5. The molecule has 0 fully saturated rings. The second-order valence-electron chi connectivity index (χ2n) is 4.27. The average molecular weight is 377 g/mol. The van der Waals surface area contributed by atoms with E-state index in [4.69, 9.17) is 27.8 Å². The molecule has 0 aliphatic carbocycles. The molecule has 0 aliphatic heterocycles. The van der Waals surface area contributed by atoms with Crippen LogP contribution < -0.4 is 5.32 Å². The molecule has 0 spiro atoms. The molecule has 2 rings (SSSR count). The Morgan fingerprint density at radius 3 is 2.61 bits per heavy atom. The van der Waals surface area contributed by atoms with Gasteiger partial charge in [0.1, 0.15) is 10.6 Å². The number of hydrogen-bond donors (Lipinski definition) is 2. The van der Waals surface area contributed by atoms with Crippen LogP contribution in [0.2, 0.25) is 10.0 Å². The first-order valence-corrected chi connectivity index (χ1v) is 8.20. The molecule has 23 heavy (non-hydrogen) atoms. The highest BCUT2D eigenvalue weighted by atomic mass is 35.5. The number of pyridine rings is 1. The van der Waals surface area contributed by atoms with Crippen molar-refractivity contribution in [2.75, 3.05) is 12.4 Å². The zero-order valence-electron chi connectivity index (χ0n) is 11.6. The second kappa shape index (κ2) is 6.71. The third-order valence-corrected chi connectivity index (χ3v) is 4.24. The van der Waals surface area contributed by atoms with Crippen molar-refractivity contribution in [1.82, 2.24) is 4.98 Å². The number of methoxy groups -OCH3 is 1. The van der Waals surface area contributed by atoms with Gasteiger partial charge in [0.05, 0.1) is 12.8 Å². The quantitative estimate of drug-likeness (QED) is 0.623. The number of hydrogen-bond acceptors (Lipinski definition) is 6. The molecular weight excluding hydrogens is 367 g/mol. The van der Waals surface area contributed by atoms with Crippen LogP contribution in [0.25, 0.3) is 0 Å². The van der Waals surface area contributed by atoms with Gasteiger partial charge in [-0.25, -0.2) is 9.78 Å². The Kier molecular flexibility index (Phi) is 5.10. The number of nitrogens with zero attached hydrogens (tertiary/aromatic N) is 1. The van der Waals surface area contributed by atoms with Crippen molar-refractivity contribution >= 4 is 50.7 Å². The molecule has 7 nitrogen and oxygen atoms in total. The van der Waals surface area contributed by atoms with Gasteiger partial charge in [0, 0.05) is 16.9 Å². The van der Waals surface area contributed by atoms with E-state index in [0.29, 0.717) is 10.7 Å². The molecule has 0 aliphatic rings. The van der Waals surface area contributed by atoms with Crippen LogP contribution >= 0.6 is 23.2 Å². The molecule has 0 unspecified atom stereocenters.